The molecule has 0 heterocycles. The summed E-state index contributed by atoms with van der Waals surface area (Å²) in [4.78, 5) is 24.4. The number of methoxy groups -OCH3 is 1. The second-order valence-corrected chi connectivity index (χ2v) is 8.72. The number of ether oxygens (including phenoxy) is 2. The fourth-order valence-electron chi connectivity index (χ4n) is 2.94. The molecule has 2 N–H and O–H groups in total. The number of benzene rings is 3. The van der Waals surface area contributed by atoms with Crippen molar-refractivity contribution in [1.82, 2.24) is 0 Å². The molecule has 8 nitrogen and oxygen atoms in total. The van der Waals surface area contributed by atoms with Gasteiger partial charge in [-0.1, -0.05) is 25.1 Å². The second kappa shape index (κ2) is 10.6. The first-order valence-corrected chi connectivity index (χ1v) is 11.6. The van der Waals surface area contributed by atoms with Crippen LogP contribution in [0.15, 0.2) is 77.7 Å². The Morgan fingerprint density at radius 1 is 0.909 bits per heavy atom. The van der Waals surface area contributed by atoms with E-state index in [-0.39, 0.29) is 10.5 Å². The topological polar surface area (TPSA) is 111 Å². The summed E-state index contributed by atoms with van der Waals surface area (Å²) in [6.45, 7) is 1.50. The summed E-state index contributed by atoms with van der Waals surface area (Å²) >= 11 is 0. The molecule has 0 aliphatic rings. The van der Waals surface area contributed by atoms with E-state index in [4.69, 9.17) is 9.47 Å². The van der Waals surface area contributed by atoms with E-state index in [1.54, 1.807) is 30.3 Å². The van der Waals surface area contributed by atoms with E-state index in [1.165, 1.54) is 31.4 Å². The molecule has 0 aliphatic heterocycles. The molecule has 0 bridgehead atoms. The van der Waals surface area contributed by atoms with Crippen LogP contribution in [0.1, 0.15) is 22.8 Å². The van der Waals surface area contributed by atoms with E-state index >= 15 is 0 Å². The molecule has 172 valence electrons. The van der Waals surface area contributed by atoms with Crippen LogP contribution >= 0.6 is 0 Å². The van der Waals surface area contributed by atoms with Gasteiger partial charge in [-0.25, -0.2) is 13.2 Å². The van der Waals surface area contributed by atoms with E-state index < -0.39 is 28.5 Å². The van der Waals surface area contributed by atoms with Crippen molar-refractivity contribution < 1.29 is 27.5 Å². The summed E-state index contributed by atoms with van der Waals surface area (Å²) in [7, 11) is -2.43. The Labute approximate surface area is 192 Å². The summed E-state index contributed by atoms with van der Waals surface area (Å²) < 4.78 is 37.9. The highest BCUT2D eigenvalue weighted by Crippen LogP contribution is 2.20. The number of carbonyl (C=O) groups excluding carboxylic acids is 2. The van der Waals surface area contributed by atoms with Crippen LogP contribution in [0.5, 0.6) is 5.75 Å². The van der Waals surface area contributed by atoms with Crippen molar-refractivity contribution in [3.63, 3.8) is 0 Å². The third-order valence-corrected chi connectivity index (χ3v) is 6.05. The molecule has 0 fully saturated rings. The van der Waals surface area contributed by atoms with Crippen LogP contribution in [0.25, 0.3) is 0 Å². The Hall–Kier alpha value is -3.85. The number of hydrogen-bond acceptors (Lipinski definition) is 6. The van der Waals surface area contributed by atoms with Gasteiger partial charge in [0, 0.05) is 11.4 Å². The quantitative estimate of drug-likeness (QED) is 0.462. The Morgan fingerprint density at radius 3 is 2.33 bits per heavy atom. The molecular formula is C24H24N2O6S. The normalized spacial score (nSPS) is 10.8. The summed E-state index contributed by atoms with van der Waals surface area (Å²) in [6.07, 6.45) is 0.825. The minimum absolute atomic E-state index is 0.00777. The van der Waals surface area contributed by atoms with Crippen LogP contribution in [-0.4, -0.2) is 34.0 Å². The maximum atomic E-state index is 12.7. The number of nitrogens with one attached hydrogen (secondary N) is 2. The highest BCUT2D eigenvalue weighted by molar-refractivity contribution is 7.92. The van der Waals surface area contributed by atoms with Gasteiger partial charge in [0.15, 0.2) is 6.61 Å². The van der Waals surface area contributed by atoms with Crippen molar-refractivity contribution in [3.8, 4) is 5.75 Å². The summed E-state index contributed by atoms with van der Waals surface area (Å²) in [5, 5.41) is 2.66. The molecule has 33 heavy (non-hydrogen) atoms. The molecule has 1 amide bonds. The largest absolute Gasteiger partial charge is 0.497 e. The molecule has 3 aromatic carbocycles. The van der Waals surface area contributed by atoms with Crippen molar-refractivity contribution in [2.24, 2.45) is 0 Å². The lowest BCUT2D eigenvalue weighted by molar-refractivity contribution is -0.119. The molecular weight excluding hydrogens is 444 g/mol. The molecule has 3 rings (SSSR count). The van der Waals surface area contributed by atoms with Gasteiger partial charge in [-0.05, 0) is 66.6 Å². The van der Waals surface area contributed by atoms with Gasteiger partial charge in [0.2, 0.25) is 0 Å². The first-order valence-electron chi connectivity index (χ1n) is 10.1. The maximum absolute atomic E-state index is 12.7. The van der Waals surface area contributed by atoms with Crippen LogP contribution in [0.2, 0.25) is 0 Å². The Bertz CT molecular complexity index is 1240. The molecule has 0 aromatic heterocycles. The fraction of sp³-hybridized carbons (Fsp3) is 0.167. The number of esters is 1. The van der Waals surface area contributed by atoms with Crippen molar-refractivity contribution in [3.05, 3.63) is 83.9 Å². The zero-order valence-electron chi connectivity index (χ0n) is 18.2. The molecule has 0 aliphatic carbocycles. The van der Waals surface area contributed by atoms with Gasteiger partial charge in [0.25, 0.3) is 15.9 Å². The van der Waals surface area contributed by atoms with Crippen LogP contribution in [0, 0.1) is 0 Å². The Morgan fingerprint density at radius 2 is 1.64 bits per heavy atom. The zero-order valence-corrected chi connectivity index (χ0v) is 19.0. The van der Waals surface area contributed by atoms with Crippen LogP contribution in [-0.2, 0) is 26.0 Å². The van der Waals surface area contributed by atoms with Crippen LogP contribution < -0.4 is 14.8 Å². The number of sulfonamides is 1. The number of hydrogen-bond donors (Lipinski definition) is 2. The summed E-state index contributed by atoms with van der Waals surface area (Å²) in [5.41, 5.74) is 2.01. The average Bonchev–Trinajstić information content (AvgIpc) is 2.83. The van der Waals surface area contributed by atoms with Gasteiger partial charge in [-0.3, -0.25) is 9.52 Å². The SMILES string of the molecule is CCc1cccc(NC(=O)COC(=O)c2cccc(S(=O)(=O)Nc3ccc(OC)cc3)c2)c1. The molecule has 0 saturated heterocycles. The van der Waals surface area contributed by atoms with Crippen molar-refractivity contribution in [2.45, 2.75) is 18.2 Å². The molecule has 0 spiro atoms. The smallest absolute Gasteiger partial charge is 0.338 e. The number of carbonyl (C=O) groups is 2. The van der Waals surface area contributed by atoms with Crippen molar-refractivity contribution in [1.29, 1.82) is 0 Å². The van der Waals surface area contributed by atoms with Gasteiger partial charge in [-0.2, -0.15) is 0 Å². The minimum Gasteiger partial charge on any atom is -0.497 e. The lowest BCUT2D eigenvalue weighted by Crippen LogP contribution is -2.21. The number of aryl methyl sites for hydroxylation is 1. The monoisotopic (exact) mass is 468 g/mol. The highest BCUT2D eigenvalue weighted by Gasteiger charge is 2.18. The predicted octanol–water partition coefficient (Wildman–Crippen LogP) is 3.85. The Kier molecular flexibility index (Phi) is 7.68. The first-order chi connectivity index (χ1) is 15.8. The van der Waals surface area contributed by atoms with Crippen LogP contribution in [0.3, 0.4) is 0 Å². The van der Waals surface area contributed by atoms with Gasteiger partial charge in [0.05, 0.1) is 17.6 Å². The molecule has 0 atom stereocenters. The standard InChI is InChI=1S/C24H24N2O6S/c1-3-17-6-4-8-20(14-17)25-23(27)16-32-24(28)18-7-5-9-22(15-18)33(29,30)26-19-10-12-21(31-2)13-11-19/h4-15,26H,3,16H2,1-2H3,(H,25,27). The van der Waals surface area contributed by atoms with Crippen molar-refractivity contribution >= 4 is 33.3 Å². The van der Waals surface area contributed by atoms with E-state index in [0.29, 0.717) is 17.1 Å². The summed E-state index contributed by atoms with van der Waals surface area (Å²) in [6, 6.07) is 19.1. The lowest BCUT2D eigenvalue weighted by atomic mass is 10.1. The number of rotatable bonds is 9. The number of anilines is 2. The van der Waals surface area contributed by atoms with Gasteiger partial charge in [0.1, 0.15) is 5.75 Å². The average molecular weight is 469 g/mol. The molecule has 0 unspecified atom stereocenters. The van der Waals surface area contributed by atoms with E-state index in [1.807, 2.05) is 25.1 Å². The fourth-order valence-corrected chi connectivity index (χ4v) is 4.05. The molecule has 3 aromatic rings. The van der Waals surface area contributed by atoms with E-state index in [2.05, 4.69) is 10.0 Å². The van der Waals surface area contributed by atoms with Gasteiger partial charge in [-0.15, -0.1) is 0 Å². The zero-order chi connectivity index (χ0) is 23.8. The third-order valence-electron chi connectivity index (χ3n) is 4.68. The second-order valence-electron chi connectivity index (χ2n) is 7.04. The van der Waals surface area contributed by atoms with Crippen molar-refractivity contribution in [2.75, 3.05) is 23.8 Å². The molecule has 0 saturated carbocycles. The van der Waals surface area contributed by atoms with Gasteiger partial charge >= 0.3 is 5.97 Å². The highest BCUT2D eigenvalue weighted by atomic mass is 32.2. The third kappa shape index (κ3) is 6.56. The van der Waals surface area contributed by atoms with Crippen LogP contribution in [0.4, 0.5) is 11.4 Å². The number of amides is 1. The Balaban J connectivity index is 1.62. The minimum atomic E-state index is -3.95. The molecule has 0 radical (unpaired) electrons. The van der Waals surface area contributed by atoms with E-state index in [9.17, 15) is 18.0 Å². The predicted molar refractivity (Wildman–Crippen MR) is 125 cm³/mol. The lowest BCUT2D eigenvalue weighted by Gasteiger charge is -2.10. The van der Waals surface area contributed by atoms with E-state index in [0.717, 1.165) is 12.0 Å². The first kappa shape index (κ1) is 23.8. The summed E-state index contributed by atoms with van der Waals surface area (Å²) in [5.74, 6) is -0.722. The maximum Gasteiger partial charge on any atom is 0.338 e. The van der Waals surface area contributed by atoms with Gasteiger partial charge < -0.3 is 14.8 Å². The molecule has 9 heteroatoms.